The summed E-state index contributed by atoms with van der Waals surface area (Å²) in [4.78, 5) is 38.5. The minimum atomic E-state index is -1.17. The Hall–Kier alpha value is -3.35. The summed E-state index contributed by atoms with van der Waals surface area (Å²) in [6, 6.07) is 14.9. The van der Waals surface area contributed by atoms with Crippen LogP contribution in [0.1, 0.15) is 29.9 Å². The molecule has 2 aromatic carbocycles. The third-order valence-corrected chi connectivity index (χ3v) is 5.51. The number of carbonyl (C=O) groups is 3. The molecule has 158 valence electrons. The van der Waals surface area contributed by atoms with E-state index in [1.165, 1.54) is 11.9 Å². The largest absolute Gasteiger partial charge is 0.480 e. The molecule has 0 saturated carbocycles. The number of benzene rings is 2. The molecule has 0 fully saturated rings. The third kappa shape index (κ3) is 4.30. The van der Waals surface area contributed by atoms with E-state index >= 15 is 0 Å². The van der Waals surface area contributed by atoms with Crippen molar-refractivity contribution in [3.8, 4) is 11.1 Å². The Morgan fingerprint density at radius 1 is 0.967 bits per heavy atom. The van der Waals surface area contributed by atoms with Crippen molar-refractivity contribution in [2.24, 2.45) is 0 Å². The van der Waals surface area contributed by atoms with Gasteiger partial charge < -0.3 is 14.7 Å². The van der Waals surface area contributed by atoms with Crippen LogP contribution in [0.5, 0.6) is 0 Å². The van der Waals surface area contributed by atoms with Crippen molar-refractivity contribution < 1.29 is 24.2 Å². The second-order valence-electron chi connectivity index (χ2n) is 7.60. The van der Waals surface area contributed by atoms with Gasteiger partial charge in [0.25, 0.3) is 0 Å². The Morgan fingerprint density at radius 2 is 1.50 bits per heavy atom. The first-order chi connectivity index (χ1) is 14.3. The summed E-state index contributed by atoms with van der Waals surface area (Å²) in [6.07, 6.45) is -0.667. The van der Waals surface area contributed by atoms with Gasteiger partial charge in [0, 0.05) is 33.5 Å². The number of amides is 2. The smallest absolute Gasteiger partial charge is 0.410 e. The quantitative estimate of drug-likeness (QED) is 0.758. The normalized spacial score (nSPS) is 13.2. The fourth-order valence-corrected chi connectivity index (χ4v) is 3.79. The van der Waals surface area contributed by atoms with E-state index in [0.29, 0.717) is 0 Å². The number of ether oxygens (including phenoxy) is 1. The van der Waals surface area contributed by atoms with E-state index < -0.39 is 18.1 Å². The van der Waals surface area contributed by atoms with E-state index in [4.69, 9.17) is 4.74 Å². The number of aliphatic carboxylic acids is 1. The summed E-state index contributed by atoms with van der Waals surface area (Å²) >= 11 is 0. The van der Waals surface area contributed by atoms with Crippen molar-refractivity contribution in [1.29, 1.82) is 0 Å². The second-order valence-corrected chi connectivity index (χ2v) is 7.60. The molecule has 1 N–H and O–H groups in total. The Kier molecular flexibility index (Phi) is 6.40. The SMILES string of the molecule is CN(C)C(=O)CC[C@@H](C(=O)O)N(C)C(=O)OCC1c2ccccc2-c2ccccc21. The Labute approximate surface area is 175 Å². The maximum atomic E-state index is 12.6. The Bertz CT molecular complexity index is 911. The molecule has 0 spiro atoms. The number of hydrogen-bond acceptors (Lipinski definition) is 4. The highest BCUT2D eigenvalue weighted by atomic mass is 16.6. The fourth-order valence-electron chi connectivity index (χ4n) is 3.79. The number of carbonyl (C=O) groups excluding carboxylic acids is 2. The molecule has 0 aliphatic heterocycles. The van der Waals surface area contributed by atoms with Gasteiger partial charge in [0.1, 0.15) is 12.6 Å². The first kappa shape index (κ1) is 21.4. The van der Waals surface area contributed by atoms with Gasteiger partial charge >= 0.3 is 12.1 Å². The van der Waals surface area contributed by atoms with Crippen LogP contribution >= 0.6 is 0 Å². The van der Waals surface area contributed by atoms with Crippen LogP contribution in [0.3, 0.4) is 0 Å². The van der Waals surface area contributed by atoms with Gasteiger partial charge in [-0.05, 0) is 28.7 Å². The molecule has 3 rings (SSSR count). The van der Waals surface area contributed by atoms with Gasteiger partial charge in [0.2, 0.25) is 5.91 Å². The molecular weight excluding hydrogens is 384 g/mol. The lowest BCUT2D eigenvalue weighted by Gasteiger charge is -2.25. The predicted molar refractivity (Wildman–Crippen MR) is 112 cm³/mol. The van der Waals surface area contributed by atoms with Gasteiger partial charge in [-0.2, -0.15) is 0 Å². The van der Waals surface area contributed by atoms with Gasteiger partial charge in [-0.15, -0.1) is 0 Å². The highest BCUT2D eigenvalue weighted by molar-refractivity contribution is 5.82. The monoisotopic (exact) mass is 410 g/mol. The van der Waals surface area contributed by atoms with Crippen molar-refractivity contribution in [3.63, 3.8) is 0 Å². The summed E-state index contributed by atoms with van der Waals surface area (Å²) in [5, 5.41) is 9.51. The third-order valence-electron chi connectivity index (χ3n) is 5.51. The van der Waals surface area contributed by atoms with Gasteiger partial charge in [-0.1, -0.05) is 48.5 Å². The summed E-state index contributed by atoms with van der Waals surface area (Å²) in [5.41, 5.74) is 4.40. The van der Waals surface area contributed by atoms with E-state index in [-0.39, 0.29) is 31.3 Å². The molecule has 0 saturated heterocycles. The van der Waals surface area contributed by atoms with Crippen LogP contribution in [0.15, 0.2) is 48.5 Å². The van der Waals surface area contributed by atoms with Crippen LogP contribution in [-0.2, 0) is 14.3 Å². The Balaban J connectivity index is 1.68. The van der Waals surface area contributed by atoms with Crippen LogP contribution in [-0.4, -0.2) is 66.7 Å². The summed E-state index contributed by atoms with van der Waals surface area (Å²) in [7, 11) is 4.60. The van der Waals surface area contributed by atoms with Crippen LogP contribution in [0.2, 0.25) is 0 Å². The highest BCUT2D eigenvalue weighted by Gasteiger charge is 2.32. The number of carboxylic acid groups (broad SMARTS) is 1. The minimum absolute atomic E-state index is 0.0209. The molecule has 0 bridgehead atoms. The number of carboxylic acids is 1. The molecule has 30 heavy (non-hydrogen) atoms. The van der Waals surface area contributed by atoms with Crippen molar-refractivity contribution >= 4 is 18.0 Å². The molecule has 7 heteroatoms. The van der Waals surface area contributed by atoms with Crippen LogP contribution < -0.4 is 0 Å². The molecule has 0 heterocycles. The maximum absolute atomic E-state index is 12.6. The zero-order valence-electron chi connectivity index (χ0n) is 17.4. The van der Waals surface area contributed by atoms with E-state index in [0.717, 1.165) is 27.2 Å². The predicted octanol–water partition coefficient (Wildman–Crippen LogP) is 3.19. The van der Waals surface area contributed by atoms with Crippen molar-refractivity contribution in [1.82, 2.24) is 9.80 Å². The lowest BCUT2D eigenvalue weighted by atomic mass is 9.98. The highest BCUT2D eigenvalue weighted by Crippen LogP contribution is 2.44. The number of fused-ring (bicyclic) bond motifs is 3. The lowest BCUT2D eigenvalue weighted by Crippen LogP contribution is -2.43. The summed E-state index contributed by atoms with van der Waals surface area (Å²) in [6.45, 7) is 0.111. The molecule has 0 radical (unpaired) electrons. The zero-order chi connectivity index (χ0) is 21.8. The molecule has 2 aromatic rings. The second kappa shape index (κ2) is 8.98. The average Bonchev–Trinajstić information content (AvgIpc) is 3.05. The van der Waals surface area contributed by atoms with E-state index in [1.54, 1.807) is 14.1 Å². The summed E-state index contributed by atoms with van der Waals surface area (Å²) in [5.74, 6) is -1.46. The molecule has 1 atom stereocenters. The van der Waals surface area contributed by atoms with Crippen molar-refractivity contribution in [3.05, 3.63) is 59.7 Å². The standard InChI is InChI=1S/C23H26N2O5/c1-24(2)21(26)13-12-20(22(27)28)25(3)23(29)30-14-19-17-10-6-4-8-15(17)16-9-5-7-11-18(16)19/h4-11,19-20H,12-14H2,1-3H3,(H,27,28)/t20-/m0/s1. The molecule has 1 aliphatic rings. The van der Waals surface area contributed by atoms with E-state index in [1.807, 2.05) is 48.5 Å². The van der Waals surface area contributed by atoms with Crippen molar-refractivity contribution in [2.45, 2.75) is 24.8 Å². The first-order valence-electron chi connectivity index (χ1n) is 9.82. The minimum Gasteiger partial charge on any atom is -0.480 e. The van der Waals surface area contributed by atoms with Gasteiger partial charge in [0.15, 0.2) is 0 Å². The molecule has 2 amide bonds. The average molecular weight is 410 g/mol. The van der Waals surface area contributed by atoms with Gasteiger partial charge in [-0.3, -0.25) is 9.69 Å². The zero-order valence-corrected chi connectivity index (χ0v) is 17.4. The van der Waals surface area contributed by atoms with Crippen LogP contribution in [0.4, 0.5) is 4.79 Å². The maximum Gasteiger partial charge on any atom is 0.410 e. The van der Waals surface area contributed by atoms with Gasteiger partial charge in [0.05, 0.1) is 0 Å². The number of rotatable bonds is 7. The van der Waals surface area contributed by atoms with E-state index in [9.17, 15) is 19.5 Å². The van der Waals surface area contributed by atoms with E-state index in [2.05, 4.69) is 0 Å². The molecular formula is C23H26N2O5. The van der Waals surface area contributed by atoms with Crippen LogP contribution in [0, 0.1) is 0 Å². The molecule has 7 nitrogen and oxygen atoms in total. The first-order valence-corrected chi connectivity index (χ1v) is 9.82. The summed E-state index contributed by atoms with van der Waals surface area (Å²) < 4.78 is 5.52. The number of likely N-dealkylation sites (N-methyl/N-ethyl adjacent to an activating group) is 1. The van der Waals surface area contributed by atoms with Gasteiger partial charge in [-0.25, -0.2) is 9.59 Å². The molecule has 1 aliphatic carbocycles. The number of nitrogens with zero attached hydrogens (tertiary/aromatic N) is 2. The molecule has 0 aromatic heterocycles. The number of hydrogen-bond donors (Lipinski definition) is 1. The Morgan fingerprint density at radius 3 is 2.00 bits per heavy atom. The fraction of sp³-hybridized carbons (Fsp3) is 0.348. The molecule has 0 unspecified atom stereocenters. The van der Waals surface area contributed by atoms with Crippen molar-refractivity contribution in [2.75, 3.05) is 27.7 Å². The van der Waals surface area contributed by atoms with Crippen LogP contribution in [0.25, 0.3) is 11.1 Å². The topological polar surface area (TPSA) is 87.2 Å². The lowest BCUT2D eigenvalue weighted by molar-refractivity contribution is -0.142.